The highest BCUT2D eigenvalue weighted by atomic mass is 35.5. The second-order valence-corrected chi connectivity index (χ2v) is 8.69. The lowest BCUT2D eigenvalue weighted by atomic mass is 9.97. The van der Waals surface area contributed by atoms with E-state index < -0.39 is 20.4 Å². The fourth-order valence-electron chi connectivity index (χ4n) is 2.13. The number of ketones is 1. The molecule has 0 aliphatic heterocycles. The Kier molecular flexibility index (Phi) is 5.79. The zero-order valence-corrected chi connectivity index (χ0v) is 14.4. The Morgan fingerprint density at radius 1 is 1.05 bits per heavy atom. The van der Waals surface area contributed by atoms with Gasteiger partial charge in [0.2, 0.25) is 0 Å². The molecule has 0 heterocycles. The van der Waals surface area contributed by atoms with Crippen molar-refractivity contribution in [2.24, 2.45) is 5.92 Å². The van der Waals surface area contributed by atoms with Crippen molar-refractivity contribution in [3.8, 4) is 0 Å². The van der Waals surface area contributed by atoms with Gasteiger partial charge in [-0.05, 0) is 12.1 Å². The van der Waals surface area contributed by atoms with Crippen LogP contribution in [0, 0.1) is 5.92 Å². The summed E-state index contributed by atoms with van der Waals surface area (Å²) in [7, 11) is -1.61. The third kappa shape index (κ3) is 4.19. The molecule has 2 nitrogen and oxygen atoms in total. The molecule has 2 aromatic rings. The van der Waals surface area contributed by atoms with E-state index in [1.165, 1.54) is 0 Å². The highest BCUT2D eigenvalue weighted by Gasteiger charge is 2.36. The van der Waals surface area contributed by atoms with Crippen LogP contribution >= 0.6 is 23.2 Å². The van der Waals surface area contributed by atoms with Crippen molar-refractivity contribution in [2.45, 2.75) is 21.9 Å². The summed E-state index contributed by atoms with van der Waals surface area (Å²) >= 11 is 12.5. The van der Waals surface area contributed by atoms with Gasteiger partial charge in [0.25, 0.3) is 0 Å². The van der Waals surface area contributed by atoms with E-state index >= 15 is 0 Å². The maximum absolute atomic E-state index is 12.5. The highest BCUT2D eigenvalue weighted by Crippen LogP contribution is 2.37. The first-order valence-electron chi connectivity index (χ1n) is 6.86. The molecule has 2 aromatic carbocycles. The molecule has 0 fully saturated rings. The lowest BCUT2D eigenvalue weighted by Crippen LogP contribution is -2.27. The van der Waals surface area contributed by atoms with E-state index in [0.717, 1.165) is 0 Å². The number of halogens is 2. The number of Topliss-reactive ketones (excluding diaryl/α,β-unsaturated/α-hetero) is 1. The molecular formula is C17H16Cl2O2S. The molecule has 0 aromatic heterocycles. The minimum absolute atomic E-state index is 0.0589. The zero-order chi connectivity index (χ0) is 16.2. The predicted molar refractivity (Wildman–Crippen MR) is 91.8 cm³/mol. The van der Waals surface area contributed by atoms with Crippen LogP contribution in [0.1, 0.15) is 23.7 Å². The molecule has 2 rings (SSSR count). The molecule has 2 atom stereocenters. The molecule has 5 heteroatoms. The van der Waals surface area contributed by atoms with E-state index in [0.29, 0.717) is 10.5 Å². The minimum atomic E-state index is -1.61. The standard InChI is InChI=1S/C17H16Cl2O2S/c1-13(16(20)14-8-4-2-5-9-14)12-17(18,19)22(21)15-10-6-3-7-11-15/h2-11,13H,12H2,1H3. The van der Waals surface area contributed by atoms with Crippen LogP contribution in [0.2, 0.25) is 0 Å². The predicted octanol–water partition coefficient (Wildman–Crippen LogP) is 4.83. The summed E-state index contributed by atoms with van der Waals surface area (Å²) in [6.45, 7) is 1.75. The van der Waals surface area contributed by atoms with Crippen molar-refractivity contribution < 1.29 is 9.00 Å². The average molecular weight is 355 g/mol. The monoisotopic (exact) mass is 354 g/mol. The van der Waals surface area contributed by atoms with Gasteiger partial charge in [-0.15, -0.1) is 0 Å². The van der Waals surface area contributed by atoms with Gasteiger partial charge in [0.15, 0.2) is 9.45 Å². The van der Waals surface area contributed by atoms with Gasteiger partial charge in [-0.3, -0.25) is 9.00 Å². The van der Waals surface area contributed by atoms with Crippen LogP contribution in [0.3, 0.4) is 0 Å². The van der Waals surface area contributed by atoms with Crippen LogP contribution in [0.5, 0.6) is 0 Å². The Hall–Kier alpha value is -1.16. The van der Waals surface area contributed by atoms with Crippen LogP contribution in [0.25, 0.3) is 0 Å². The van der Waals surface area contributed by atoms with Crippen molar-refractivity contribution >= 4 is 39.8 Å². The number of alkyl halides is 2. The summed E-state index contributed by atoms with van der Waals surface area (Å²) < 4.78 is 11.0. The number of carbonyl (C=O) groups excluding carboxylic acids is 1. The van der Waals surface area contributed by atoms with Gasteiger partial charge in [0, 0.05) is 22.8 Å². The molecule has 2 unspecified atom stereocenters. The van der Waals surface area contributed by atoms with Gasteiger partial charge in [0.1, 0.15) is 0 Å². The van der Waals surface area contributed by atoms with Gasteiger partial charge in [0.05, 0.1) is 10.8 Å². The average Bonchev–Trinajstić information content (AvgIpc) is 2.54. The largest absolute Gasteiger partial charge is 0.294 e. The van der Waals surface area contributed by atoms with Crippen LogP contribution in [-0.4, -0.2) is 13.7 Å². The Labute approximate surface area is 142 Å². The SMILES string of the molecule is CC(CC(Cl)(Cl)S(=O)c1ccccc1)C(=O)c1ccccc1. The minimum Gasteiger partial charge on any atom is -0.294 e. The van der Waals surface area contributed by atoms with Crippen molar-refractivity contribution in [3.63, 3.8) is 0 Å². The van der Waals surface area contributed by atoms with Crippen molar-refractivity contribution in [1.82, 2.24) is 0 Å². The maximum Gasteiger partial charge on any atom is 0.197 e. The molecule has 0 aliphatic carbocycles. The van der Waals surface area contributed by atoms with E-state index in [-0.39, 0.29) is 12.2 Å². The van der Waals surface area contributed by atoms with Crippen LogP contribution < -0.4 is 0 Å². The number of hydrogen-bond donors (Lipinski definition) is 0. The maximum atomic E-state index is 12.5. The van der Waals surface area contributed by atoms with E-state index in [1.807, 2.05) is 12.1 Å². The normalized spacial score (nSPS) is 14.3. The third-order valence-corrected chi connectivity index (χ3v) is 5.84. The Balaban J connectivity index is 2.11. The van der Waals surface area contributed by atoms with E-state index in [1.54, 1.807) is 55.5 Å². The lowest BCUT2D eigenvalue weighted by Gasteiger charge is -2.22. The number of hydrogen-bond acceptors (Lipinski definition) is 2. The first-order valence-corrected chi connectivity index (χ1v) is 8.76. The van der Waals surface area contributed by atoms with Crippen molar-refractivity contribution in [1.29, 1.82) is 0 Å². The fourth-order valence-corrected chi connectivity index (χ4v) is 4.28. The number of carbonyl (C=O) groups is 1. The molecule has 0 aliphatic rings. The topological polar surface area (TPSA) is 34.1 Å². The zero-order valence-electron chi connectivity index (χ0n) is 12.0. The summed E-state index contributed by atoms with van der Waals surface area (Å²) in [6.07, 6.45) is 0.116. The van der Waals surface area contributed by atoms with Crippen molar-refractivity contribution in [3.05, 3.63) is 66.2 Å². The molecular weight excluding hydrogens is 339 g/mol. The van der Waals surface area contributed by atoms with Gasteiger partial charge in [-0.1, -0.05) is 78.7 Å². The summed E-state index contributed by atoms with van der Waals surface area (Å²) in [6, 6.07) is 17.7. The van der Waals surface area contributed by atoms with E-state index in [2.05, 4.69) is 0 Å². The Morgan fingerprint density at radius 3 is 2.09 bits per heavy atom. The molecule has 0 radical (unpaired) electrons. The lowest BCUT2D eigenvalue weighted by molar-refractivity contribution is 0.0925. The molecule has 0 bridgehead atoms. The second kappa shape index (κ2) is 7.40. The summed E-state index contributed by atoms with van der Waals surface area (Å²) in [5, 5.41) is 0. The Bertz CT molecular complexity index is 657. The fraction of sp³-hybridized carbons (Fsp3) is 0.235. The van der Waals surface area contributed by atoms with Crippen LogP contribution in [0.4, 0.5) is 0 Å². The molecule has 0 spiro atoms. The van der Waals surface area contributed by atoms with Crippen molar-refractivity contribution in [2.75, 3.05) is 0 Å². The molecule has 0 amide bonds. The molecule has 0 N–H and O–H groups in total. The Morgan fingerprint density at radius 2 is 1.55 bits per heavy atom. The first kappa shape index (κ1) is 17.2. The van der Waals surface area contributed by atoms with Crippen LogP contribution in [-0.2, 0) is 10.8 Å². The number of rotatable bonds is 6. The van der Waals surface area contributed by atoms with Gasteiger partial charge in [-0.2, -0.15) is 0 Å². The summed E-state index contributed by atoms with van der Waals surface area (Å²) in [4.78, 5) is 12.9. The van der Waals surface area contributed by atoms with Gasteiger partial charge < -0.3 is 0 Å². The first-order chi connectivity index (χ1) is 10.4. The molecule has 0 saturated heterocycles. The second-order valence-electron chi connectivity index (χ2n) is 5.05. The smallest absolute Gasteiger partial charge is 0.197 e. The third-order valence-electron chi connectivity index (χ3n) is 3.28. The number of benzene rings is 2. The molecule has 116 valence electrons. The molecule has 22 heavy (non-hydrogen) atoms. The van der Waals surface area contributed by atoms with E-state index in [9.17, 15) is 9.00 Å². The summed E-state index contributed by atoms with van der Waals surface area (Å²) in [5.74, 6) is -0.485. The molecule has 0 saturated carbocycles. The van der Waals surface area contributed by atoms with E-state index in [4.69, 9.17) is 23.2 Å². The van der Waals surface area contributed by atoms with Gasteiger partial charge in [-0.25, -0.2) is 0 Å². The van der Waals surface area contributed by atoms with Gasteiger partial charge >= 0.3 is 0 Å². The highest BCUT2D eigenvalue weighted by molar-refractivity contribution is 7.89. The van der Waals surface area contributed by atoms with Crippen LogP contribution in [0.15, 0.2) is 65.6 Å². The summed E-state index contributed by atoms with van der Waals surface area (Å²) in [5.41, 5.74) is 0.602. The quantitative estimate of drug-likeness (QED) is 0.549.